The molecule has 3 heteroatoms. The molecule has 0 aliphatic heterocycles. The predicted octanol–water partition coefficient (Wildman–Crippen LogP) is 3.47. The van der Waals surface area contributed by atoms with Crippen LogP contribution in [0.25, 0.3) is 10.1 Å². The molecule has 1 aromatic carbocycles. The number of rotatable bonds is 1. The zero-order valence-electron chi connectivity index (χ0n) is 6.25. The number of benzene rings is 1. The van der Waals surface area contributed by atoms with E-state index in [1.807, 2.05) is 12.1 Å². The third kappa shape index (κ3) is 1.23. The van der Waals surface area contributed by atoms with Gasteiger partial charge in [0.2, 0.25) is 0 Å². The van der Waals surface area contributed by atoms with Crippen LogP contribution in [0, 0.1) is 5.82 Å². The molecule has 2 rings (SSSR count). The Balaban J connectivity index is 2.74. The summed E-state index contributed by atoms with van der Waals surface area (Å²) < 4.78 is 14.1. The summed E-state index contributed by atoms with van der Waals surface area (Å²) in [6.07, 6.45) is 0. The maximum atomic E-state index is 13.1. The second kappa shape index (κ2) is 3.07. The summed E-state index contributed by atoms with van der Waals surface area (Å²) in [4.78, 5) is 1.11. The van der Waals surface area contributed by atoms with E-state index in [4.69, 9.17) is 0 Å². The standard InChI is InChI=1S/C9H7FS2/c10-8-2-1-3-9-7(8)4-6(5-11)12-9/h1-4,11H,5H2. The van der Waals surface area contributed by atoms with Crippen LogP contribution < -0.4 is 0 Å². The van der Waals surface area contributed by atoms with E-state index < -0.39 is 0 Å². The van der Waals surface area contributed by atoms with Crippen LogP contribution in [-0.4, -0.2) is 0 Å². The number of fused-ring (bicyclic) bond motifs is 1. The van der Waals surface area contributed by atoms with E-state index in [1.54, 1.807) is 17.4 Å². The molecule has 0 spiro atoms. The molecule has 0 bridgehead atoms. The predicted molar refractivity (Wildman–Crippen MR) is 54.5 cm³/mol. The summed E-state index contributed by atoms with van der Waals surface area (Å²) in [5, 5.41) is 0.714. The highest BCUT2D eigenvalue weighted by Gasteiger charge is 2.03. The van der Waals surface area contributed by atoms with Crippen LogP contribution in [-0.2, 0) is 5.75 Å². The number of thiol groups is 1. The lowest BCUT2D eigenvalue weighted by molar-refractivity contribution is 0.640. The Labute approximate surface area is 79.4 Å². The van der Waals surface area contributed by atoms with Gasteiger partial charge >= 0.3 is 0 Å². The van der Waals surface area contributed by atoms with Crippen LogP contribution in [0.2, 0.25) is 0 Å². The van der Waals surface area contributed by atoms with E-state index in [1.165, 1.54) is 6.07 Å². The number of hydrogen-bond donors (Lipinski definition) is 1. The minimum absolute atomic E-state index is 0.142. The van der Waals surface area contributed by atoms with Crippen LogP contribution >= 0.6 is 24.0 Å². The van der Waals surface area contributed by atoms with Gasteiger partial charge in [0.15, 0.2) is 0 Å². The van der Waals surface area contributed by atoms with Gasteiger partial charge in [0, 0.05) is 20.7 Å². The third-order valence-electron chi connectivity index (χ3n) is 1.72. The van der Waals surface area contributed by atoms with E-state index in [0.717, 1.165) is 9.58 Å². The summed E-state index contributed by atoms with van der Waals surface area (Å²) in [5.41, 5.74) is 0. The molecule has 1 heterocycles. The Morgan fingerprint density at radius 3 is 2.92 bits per heavy atom. The Morgan fingerprint density at radius 1 is 1.42 bits per heavy atom. The van der Waals surface area contributed by atoms with Crippen molar-refractivity contribution in [2.24, 2.45) is 0 Å². The highest BCUT2D eigenvalue weighted by atomic mass is 32.1. The van der Waals surface area contributed by atoms with Gasteiger partial charge in [0.25, 0.3) is 0 Å². The fourth-order valence-corrected chi connectivity index (χ4v) is 2.38. The SMILES string of the molecule is Fc1cccc2sc(CS)cc12. The Bertz CT molecular complexity index is 406. The molecular weight excluding hydrogens is 191 g/mol. The first-order chi connectivity index (χ1) is 5.81. The fourth-order valence-electron chi connectivity index (χ4n) is 1.16. The summed E-state index contributed by atoms with van der Waals surface area (Å²) in [7, 11) is 0. The monoisotopic (exact) mass is 198 g/mol. The summed E-state index contributed by atoms with van der Waals surface area (Å²) >= 11 is 5.74. The van der Waals surface area contributed by atoms with Crippen LogP contribution in [0.15, 0.2) is 24.3 Å². The van der Waals surface area contributed by atoms with Crippen LogP contribution in [0.5, 0.6) is 0 Å². The van der Waals surface area contributed by atoms with E-state index in [2.05, 4.69) is 12.6 Å². The van der Waals surface area contributed by atoms with Gasteiger partial charge in [-0.2, -0.15) is 12.6 Å². The van der Waals surface area contributed by atoms with Crippen molar-refractivity contribution in [3.05, 3.63) is 35.0 Å². The zero-order valence-corrected chi connectivity index (χ0v) is 7.96. The normalized spacial score (nSPS) is 10.8. The Hall–Kier alpha value is -0.540. The van der Waals surface area contributed by atoms with Crippen molar-refractivity contribution in [3.63, 3.8) is 0 Å². The van der Waals surface area contributed by atoms with Crippen molar-refractivity contribution in [1.29, 1.82) is 0 Å². The van der Waals surface area contributed by atoms with Crippen molar-refractivity contribution in [3.8, 4) is 0 Å². The minimum Gasteiger partial charge on any atom is -0.206 e. The number of halogens is 1. The molecule has 0 amide bonds. The molecule has 1 aromatic heterocycles. The molecular formula is C9H7FS2. The maximum Gasteiger partial charge on any atom is 0.131 e. The molecule has 0 saturated heterocycles. The lowest BCUT2D eigenvalue weighted by Crippen LogP contribution is -1.70. The summed E-state index contributed by atoms with van der Waals surface area (Å²) in [5.74, 6) is 0.537. The van der Waals surface area contributed by atoms with Gasteiger partial charge in [-0.15, -0.1) is 11.3 Å². The van der Waals surface area contributed by atoms with Gasteiger partial charge in [-0.25, -0.2) is 4.39 Å². The van der Waals surface area contributed by atoms with E-state index in [0.29, 0.717) is 11.1 Å². The Morgan fingerprint density at radius 2 is 2.25 bits per heavy atom. The second-order valence-electron chi connectivity index (χ2n) is 2.52. The van der Waals surface area contributed by atoms with Crippen molar-refractivity contribution in [1.82, 2.24) is 0 Å². The molecule has 62 valence electrons. The van der Waals surface area contributed by atoms with Crippen molar-refractivity contribution in [2.45, 2.75) is 5.75 Å². The van der Waals surface area contributed by atoms with Crippen LogP contribution in [0.3, 0.4) is 0 Å². The van der Waals surface area contributed by atoms with Gasteiger partial charge in [-0.05, 0) is 18.2 Å². The molecule has 2 aromatic rings. The van der Waals surface area contributed by atoms with Gasteiger partial charge in [-0.3, -0.25) is 0 Å². The molecule has 0 aliphatic carbocycles. The lowest BCUT2D eigenvalue weighted by Gasteiger charge is -1.88. The molecule has 0 nitrogen and oxygen atoms in total. The molecule has 0 aliphatic rings. The molecule has 0 N–H and O–H groups in total. The van der Waals surface area contributed by atoms with Gasteiger partial charge < -0.3 is 0 Å². The average molecular weight is 198 g/mol. The smallest absolute Gasteiger partial charge is 0.131 e. The first kappa shape index (κ1) is 8.08. The largest absolute Gasteiger partial charge is 0.206 e. The van der Waals surface area contributed by atoms with Crippen LogP contribution in [0.1, 0.15) is 4.88 Å². The highest BCUT2D eigenvalue weighted by molar-refractivity contribution is 7.79. The fraction of sp³-hybridized carbons (Fsp3) is 0.111. The molecule has 0 unspecified atom stereocenters. The van der Waals surface area contributed by atoms with Crippen molar-refractivity contribution < 1.29 is 4.39 Å². The average Bonchev–Trinajstić information content (AvgIpc) is 2.49. The first-order valence-electron chi connectivity index (χ1n) is 3.59. The Kier molecular flexibility index (Phi) is 2.07. The highest BCUT2D eigenvalue weighted by Crippen LogP contribution is 2.28. The van der Waals surface area contributed by atoms with E-state index in [-0.39, 0.29) is 5.82 Å². The minimum atomic E-state index is -0.142. The lowest BCUT2D eigenvalue weighted by atomic mass is 10.2. The van der Waals surface area contributed by atoms with Gasteiger partial charge in [0.05, 0.1) is 0 Å². The van der Waals surface area contributed by atoms with Crippen molar-refractivity contribution in [2.75, 3.05) is 0 Å². The topological polar surface area (TPSA) is 0 Å². The third-order valence-corrected chi connectivity index (χ3v) is 3.37. The number of thiophene rings is 1. The van der Waals surface area contributed by atoms with Crippen molar-refractivity contribution >= 4 is 34.1 Å². The van der Waals surface area contributed by atoms with Crippen LogP contribution in [0.4, 0.5) is 4.39 Å². The molecule has 0 saturated carbocycles. The van der Waals surface area contributed by atoms with Gasteiger partial charge in [0.1, 0.15) is 5.82 Å². The molecule has 0 radical (unpaired) electrons. The maximum absolute atomic E-state index is 13.1. The van der Waals surface area contributed by atoms with E-state index in [9.17, 15) is 4.39 Å². The zero-order chi connectivity index (χ0) is 8.55. The second-order valence-corrected chi connectivity index (χ2v) is 4.01. The first-order valence-corrected chi connectivity index (χ1v) is 5.04. The number of hydrogen-bond acceptors (Lipinski definition) is 2. The quantitative estimate of drug-likeness (QED) is 0.666. The van der Waals surface area contributed by atoms with Gasteiger partial charge in [-0.1, -0.05) is 6.07 Å². The van der Waals surface area contributed by atoms with E-state index >= 15 is 0 Å². The molecule has 12 heavy (non-hydrogen) atoms. The molecule has 0 atom stereocenters. The summed E-state index contributed by atoms with van der Waals surface area (Å²) in [6.45, 7) is 0. The molecule has 0 fully saturated rings. The summed E-state index contributed by atoms with van der Waals surface area (Å²) in [6, 6.07) is 7.01.